The standard InChI is InChI=1S/C14H22N2O2/c1-3-16(4-2)11-10-15-14(17)18-12-13-8-6-5-7-9-13/h5-9H,3-4,10-12H2,1-2H3,(H,15,17). The summed E-state index contributed by atoms with van der Waals surface area (Å²) in [5.74, 6) is 0. The minimum atomic E-state index is -0.356. The molecule has 0 radical (unpaired) electrons. The quantitative estimate of drug-likeness (QED) is 0.807. The highest BCUT2D eigenvalue weighted by Crippen LogP contribution is 2.00. The maximum absolute atomic E-state index is 11.4. The summed E-state index contributed by atoms with van der Waals surface area (Å²) < 4.78 is 5.11. The molecule has 0 atom stereocenters. The molecule has 1 aromatic carbocycles. The fourth-order valence-electron chi connectivity index (χ4n) is 1.63. The van der Waals surface area contributed by atoms with Gasteiger partial charge in [0.25, 0.3) is 0 Å². The van der Waals surface area contributed by atoms with Gasteiger partial charge in [-0.1, -0.05) is 44.2 Å². The van der Waals surface area contributed by atoms with Crippen LogP contribution in [0.5, 0.6) is 0 Å². The van der Waals surface area contributed by atoms with Gasteiger partial charge in [-0.2, -0.15) is 0 Å². The highest BCUT2D eigenvalue weighted by molar-refractivity contribution is 5.67. The molecule has 4 nitrogen and oxygen atoms in total. The van der Waals surface area contributed by atoms with E-state index >= 15 is 0 Å². The van der Waals surface area contributed by atoms with E-state index in [9.17, 15) is 4.79 Å². The minimum absolute atomic E-state index is 0.317. The first kappa shape index (κ1) is 14.5. The SMILES string of the molecule is CCN(CC)CCNC(=O)OCc1ccccc1. The fraction of sp³-hybridized carbons (Fsp3) is 0.500. The maximum atomic E-state index is 11.4. The lowest BCUT2D eigenvalue weighted by Crippen LogP contribution is -2.35. The van der Waals surface area contributed by atoms with E-state index in [1.165, 1.54) is 0 Å². The van der Waals surface area contributed by atoms with Gasteiger partial charge in [0.2, 0.25) is 0 Å². The Morgan fingerprint density at radius 3 is 2.50 bits per heavy atom. The molecule has 0 unspecified atom stereocenters. The van der Waals surface area contributed by atoms with Crippen molar-refractivity contribution in [1.29, 1.82) is 0 Å². The van der Waals surface area contributed by atoms with Crippen LogP contribution in [0.1, 0.15) is 19.4 Å². The predicted molar refractivity (Wildman–Crippen MR) is 72.4 cm³/mol. The summed E-state index contributed by atoms with van der Waals surface area (Å²) in [7, 11) is 0. The molecule has 0 aliphatic carbocycles. The minimum Gasteiger partial charge on any atom is -0.445 e. The molecule has 0 heterocycles. The van der Waals surface area contributed by atoms with Gasteiger partial charge in [0.05, 0.1) is 0 Å². The van der Waals surface area contributed by atoms with Crippen LogP contribution in [0.2, 0.25) is 0 Å². The number of benzene rings is 1. The monoisotopic (exact) mass is 250 g/mol. The lowest BCUT2D eigenvalue weighted by molar-refractivity contribution is 0.138. The number of carbonyl (C=O) groups excluding carboxylic acids is 1. The van der Waals surface area contributed by atoms with Crippen LogP contribution in [0.25, 0.3) is 0 Å². The largest absolute Gasteiger partial charge is 0.445 e. The van der Waals surface area contributed by atoms with E-state index in [1.54, 1.807) is 0 Å². The van der Waals surface area contributed by atoms with Gasteiger partial charge in [-0.25, -0.2) is 4.79 Å². The van der Waals surface area contributed by atoms with E-state index in [0.717, 1.165) is 25.2 Å². The van der Waals surface area contributed by atoms with E-state index < -0.39 is 0 Å². The Balaban J connectivity index is 2.14. The number of hydrogen-bond donors (Lipinski definition) is 1. The van der Waals surface area contributed by atoms with Crippen molar-refractivity contribution in [2.24, 2.45) is 0 Å². The highest BCUT2D eigenvalue weighted by Gasteiger charge is 2.03. The normalized spacial score (nSPS) is 10.4. The van der Waals surface area contributed by atoms with Crippen LogP contribution in [-0.2, 0) is 11.3 Å². The molecule has 18 heavy (non-hydrogen) atoms. The molecule has 1 aromatic rings. The second kappa shape index (κ2) is 8.53. The van der Waals surface area contributed by atoms with E-state index in [2.05, 4.69) is 24.1 Å². The molecule has 0 aliphatic rings. The average Bonchev–Trinajstić information content (AvgIpc) is 2.42. The number of nitrogens with zero attached hydrogens (tertiary/aromatic N) is 1. The lowest BCUT2D eigenvalue weighted by atomic mass is 10.2. The van der Waals surface area contributed by atoms with Crippen molar-refractivity contribution in [3.05, 3.63) is 35.9 Å². The van der Waals surface area contributed by atoms with Crippen LogP contribution >= 0.6 is 0 Å². The zero-order chi connectivity index (χ0) is 13.2. The molecule has 4 heteroatoms. The number of nitrogens with one attached hydrogen (secondary N) is 1. The summed E-state index contributed by atoms with van der Waals surface area (Å²) in [5, 5.41) is 2.75. The van der Waals surface area contributed by atoms with Gasteiger partial charge in [0.1, 0.15) is 6.61 Å². The molecular formula is C14H22N2O2. The van der Waals surface area contributed by atoms with Gasteiger partial charge in [-0.05, 0) is 18.7 Å². The maximum Gasteiger partial charge on any atom is 0.407 e. The summed E-state index contributed by atoms with van der Waals surface area (Å²) >= 11 is 0. The zero-order valence-corrected chi connectivity index (χ0v) is 11.2. The molecule has 1 amide bonds. The Labute approximate surface area is 109 Å². The first-order valence-electron chi connectivity index (χ1n) is 6.43. The summed E-state index contributed by atoms with van der Waals surface area (Å²) in [6, 6.07) is 9.66. The van der Waals surface area contributed by atoms with Gasteiger partial charge in [0.15, 0.2) is 0 Å². The Hall–Kier alpha value is -1.55. The molecular weight excluding hydrogens is 228 g/mol. The van der Waals surface area contributed by atoms with Gasteiger partial charge in [-0.15, -0.1) is 0 Å². The Kier molecular flexibility index (Phi) is 6.87. The first-order chi connectivity index (χ1) is 8.76. The highest BCUT2D eigenvalue weighted by atomic mass is 16.5. The number of alkyl carbamates (subject to hydrolysis) is 1. The number of hydrogen-bond acceptors (Lipinski definition) is 3. The van der Waals surface area contributed by atoms with Crippen molar-refractivity contribution < 1.29 is 9.53 Å². The van der Waals surface area contributed by atoms with Crippen LogP contribution in [0.4, 0.5) is 4.79 Å². The van der Waals surface area contributed by atoms with Gasteiger partial charge in [0, 0.05) is 13.1 Å². The predicted octanol–water partition coefficient (Wildman–Crippen LogP) is 2.25. The van der Waals surface area contributed by atoms with Crippen molar-refractivity contribution in [2.45, 2.75) is 20.5 Å². The van der Waals surface area contributed by atoms with Crippen LogP contribution in [0.15, 0.2) is 30.3 Å². The second-order valence-corrected chi connectivity index (χ2v) is 4.02. The number of rotatable bonds is 7. The first-order valence-corrected chi connectivity index (χ1v) is 6.43. The Morgan fingerprint density at radius 1 is 1.22 bits per heavy atom. The van der Waals surface area contributed by atoms with Crippen molar-refractivity contribution >= 4 is 6.09 Å². The third-order valence-electron chi connectivity index (χ3n) is 2.80. The number of amides is 1. The molecule has 0 aliphatic heterocycles. The van der Waals surface area contributed by atoms with Crippen molar-refractivity contribution in [1.82, 2.24) is 10.2 Å². The molecule has 0 fully saturated rings. The molecule has 1 rings (SSSR count). The molecule has 0 saturated heterocycles. The molecule has 1 N–H and O–H groups in total. The topological polar surface area (TPSA) is 41.6 Å². The number of likely N-dealkylation sites (N-methyl/N-ethyl adjacent to an activating group) is 1. The van der Waals surface area contributed by atoms with Crippen molar-refractivity contribution in [3.63, 3.8) is 0 Å². The zero-order valence-electron chi connectivity index (χ0n) is 11.2. The van der Waals surface area contributed by atoms with E-state index in [0.29, 0.717) is 13.2 Å². The molecule has 0 saturated carbocycles. The van der Waals surface area contributed by atoms with Gasteiger partial charge in [-0.3, -0.25) is 0 Å². The lowest BCUT2D eigenvalue weighted by Gasteiger charge is -2.17. The number of ether oxygens (including phenoxy) is 1. The van der Waals surface area contributed by atoms with Crippen molar-refractivity contribution in [2.75, 3.05) is 26.2 Å². The summed E-state index contributed by atoms with van der Waals surface area (Å²) in [6.07, 6.45) is -0.356. The summed E-state index contributed by atoms with van der Waals surface area (Å²) in [4.78, 5) is 13.7. The van der Waals surface area contributed by atoms with E-state index in [-0.39, 0.29) is 6.09 Å². The molecule has 0 aromatic heterocycles. The van der Waals surface area contributed by atoms with Crippen LogP contribution in [-0.4, -0.2) is 37.2 Å². The Morgan fingerprint density at radius 2 is 1.89 bits per heavy atom. The molecule has 0 bridgehead atoms. The third-order valence-corrected chi connectivity index (χ3v) is 2.80. The summed E-state index contributed by atoms with van der Waals surface area (Å²) in [5.41, 5.74) is 0.997. The third kappa shape index (κ3) is 5.68. The van der Waals surface area contributed by atoms with Crippen LogP contribution in [0, 0.1) is 0 Å². The Bertz CT molecular complexity index is 337. The summed E-state index contributed by atoms with van der Waals surface area (Å²) in [6.45, 7) is 8.00. The van der Waals surface area contributed by atoms with Crippen LogP contribution in [0.3, 0.4) is 0 Å². The second-order valence-electron chi connectivity index (χ2n) is 4.02. The van der Waals surface area contributed by atoms with Gasteiger partial charge >= 0.3 is 6.09 Å². The number of carbonyl (C=O) groups is 1. The van der Waals surface area contributed by atoms with E-state index in [4.69, 9.17) is 4.74 Å². The smallest absolute Gasteiger partial charge is 0.407 e. The average molecular weight is 250 g/mol. The molecule has 0 spiro atoms. The van der Waals surface area contributed by atoms with Crippen LogP contribution < -0.4 is 5.32 Å². The van der Waals surface area contributed by atoms with E-state index in [1.807, 2.05) is 30.3 Å². The fourth-order valence-corrected chi connectivity index (χ4v) is 1.63. The van der Waals surface area contributed by atoms with Gasteiger partial charge < -0.3 is 15.0 Å². The molecule has 100 valence electrons. The van der Waals surface area contributed by atoms with Crippen molar-refractivity contribution in [3.8, 4) is 0 Å².